The number of nitrogens with zero attached hydrogens (tertiary/aromatic N) is 1. The molecule has 1 N–H and O–H groups in total. The number of ether oxygens (including phenoxy) is 1. The second-order valence-corrected chi connectivity index (χ2v) is 7.98. The fourth-order valence-electron chi connectivity index (χ4n) is 3.68. The van der Waals surface area contributed by atoms with E-state index in [4.69, 9.17) is 4.74 Å². The lowest BCUT2D eigenvalue weighted by Crippen LogP contribution is -2.10. The number of rotatable bonds is 8. The molecule has 0 spiro atoms. The Kier molecular flexibility index (Phi) is 6.79. The van der Waals surface area contributed by atoms with Crippen LogP contribution in [0.2, 0.25) is 0 Å². The van der Waals surface area contributed by atoms with Crippen LogP contribution in [-0.4, -0.2) is 16.7 Å². The number of Topliss-reactive ketones (excluding diaryl/α,β-unsaturated/α-hetero) is 1. The Labute approximate surface area is 193 Å². The quantitative estimate of drug-likeness (QED) is 0.247. The lowest BCUT2D eigenvalue weighted by molar-refractivity contribution is 0.0473. The number of pyridine rings is 1. The number of benzene rings is 3. The summed E-state index contributed by atoms with van der Waals surface area (Å²) >= 11 is 0. The zero-order valence-electron chi connectivity index (χ0n) is 18.8. The number of hydrogen-bond donors (Lipinski definition) is 1. The van der Waals surface area contributed by atoms with Gasteiger partial charge in [0.1, 0.15) is 6.61 Å². The number of aromatic nitrogens is 1. The van der Waals surface area contributed by atoms with Crippen LogP contribution in [-0.2, 0) is 11.3 Å². The summed E-state index contributed by atoms with van der Waals surface area (Å²) in [6.07, 6.45) is 2.89. The van der Waals surface area contributed by atoms with E-state index in [0.717, 1.165) is 34.1 Å². The van der Waals surface area contributed by atoms with Gasteiger partial charge in [0.2, 0.25) is 0 Å². The second kappa shape index (κ2) is 10.1. The fraction of sp³-hybridized carbons (Fsp3) is 0.179. The molecule has 1 aromatic heterocycles. The van der Waals surface area contributed by atoms with E-state index in [1.165, 1.54) is 0 Å². The standard InChI is InChI=1S/C28H26N2O3/c1-3-7-27(31)23-17-22(12-14-26(23)30-24-10-5-4-8-19(24)2)28(32)33-18-20-11-13-25-21(16-20)9-6-15-29-25/h4-6,8-17,30H,3,7,18H2,1-2H3. The first-order chi connectivity index (χ1) is 16.0. The van der Waals surface area contributed by atoms with Crippen LogP contribution in [0.3, 0.4) is 0 Å². The monoisotopic (exact) mass is 438 g/mol. The highest BCUT2D eigenvalue weighted by Gasteiger charge is 2.16. The van der Waals surface area contributed by atoms with Gasteiger partial charge in [-0.2, -0.15) is 0 Å². The van der Waals surface area contributed by atoms with Crippen molar-refractivity contribution in [2.24, 2.45) is 0 Å². The summed E-state index contributed by atoms with van der Waals surface area (Å²) in [6.45, 7) is 4.11. The highest BCUT2D eigenvalue weighted by atomic mass is 16.5. The van der Waals surface area contributed by atoms with Gasteiger partial charge in [0.15, 0.2) is 5.78 Å². The lowest BCUT2D eigenvalue weighted by Gasteiger charge is -2.15. The summed E-state index contributed by atoms with van der Waals surface area (Å²) < 4.78 is 5.54. The minimum Gasteiger partial charge on any atom is -0.457 e. The number of nitrogens with one attached hydrogen (secondary N) is 1. The number of carbonyl (C=O) groups is 2. The van der Waals surface area contributed by atoms with Crippen LogP contribution < -0.4 is 5.32 Å². The van der Waals surface area contributed by atoms with Crippen molar-refractivity contribution in [3.8, 4) is 0 Å². The average molecular weight is 439 g/mol. The van der Waals surface area contributed by atoms with Gasteiger partial charge < -0.3 is 10.1 Å². The Morgan fingerprint density at radius 3 is 2.61 bits per heavy atom. The first kappa shape index (κ1) is 22.2. The molecule has 0 aliphatic carbocycles. The molecule has 33 heavy (non-hydrogen) atoms. The maximum absolute atomic E-state index is 12.8. The average Bonchev–Trinajstić information content (AvgIpc) is 2.84. The van der Waals surface area contributed by atoms with Crippen LogP contribution in [0.15, 0.2) is 79.0 Å². The number of carbonyl (C=O) groups excluding carboxylic acids is 2. The summed E-state index contributed by atoms with van der Waals surface area (Å²) in [5.74, 6) is -0.473. The van der Waals surface area contributed by atoms with Crippen molar-refractivity contribution in [2.75, 3.05) is 5.32 Å². The minimum atomic E-state index is -0.464. The van der Waals surface area contributed by atoms with E-state index in [-0.39, 0.29) is 12.4 Å². The first-order valence-corrected chi connectivity index (χ1v) is 11.1. The van der Waals surface area contributed by atoms with Gasteiger partial charge in [-0.25, -0.2) is 4.79 Å². The summed E-state index contributed by atoms with van der Waals surface area (Å²) in [4.78, 5) is 29.9. The number of hydrogen-bond acceptors (Lipinski definition) is 5. The molecule has 4 rings (SSSR count). The Bertz CT molecular complexity index is 1310. The molecule has 0 aliphatic rings. The van der Waals surface area contributed by atoms with Gasteiger partial charge in [0.25, 0.3) is 0 Å². The van der Waals surface area contributed by atoms with Gasteiger partial charge in [-0.05, 0) is 66.9 Å². The predicted molar refractivity (Wildman–Crippen MR) is 131 cm³/mol. The van der Waals surface area contributed by atoms with E-state index in [1.807, 2.05) is 68.4 Å². The number of anilines is 2. The van der Waals surface area contributed by atoms with Crippen molar-refractivity contribution in [3.63, 3.8) is 0 Å². The molecule has 0 saturated heterocycles. The number of ketones is 1. The SMILES string of the molecule is CCCC(=O)c1cc(C(=O)OCc2ccc3ncccc3c2)ccc1Nc1ccccc1C. The van der Waals surface area contributed by atoms with Crippen molar-refractivity contribution >= 4 is 34.0 Å². The molecule has 0 bridgehead atoms. The highest BCUT2D eigenvalue weighted by molar-refractivity contribution is 6.04. The van der Waals surface area contributed by atoms with E-state index in [2.05, 4.69) is 10.3 Å². The van der Waals surface area contributed by atoms with Gasteiger partial charge >= 0.3 is 5.97 Å². The molecule has 166 valence electrons. The fourth-order valence-corrected chi connectivity index (χ4v) is 3.68. The molecular formula is C28H26N2O3. The maximum atomic E-state index is 12.8. The number of aryl methyl sites for hydroxylation is 1. The Morgan fingerprint density at radius 1 is 0.939 bits per heavy atom. The third kappa shape index (κ3) is 5.26. The molecular weight excluding hydrogens is 412 g/mol. The minimum absolute atomic E-state index is 0.00902. The van der Waals surface area contributed by atoms with Crippen molar-refractivity contribution in [2.45, 2.75) is 33.3 Å². The van der Waals surface area contributed by atoms with Crippen LogP contribution in [0.1, 0.15) is 51.6 Å². The predicted octanol–water partition coefficient (Wildman–Crippen LogP) is 6.63. The van der Waals surface area contributed by atoms with Gasteiger partial charge in [0, 0.05) is 34.9 Å². The van der Waals surface area contributed by atoms with Gasteiger partial charge in [-0.1, -0.05) is 37.3 Å². The van der Waals surface area contributed by atoms with E-state index in [0.29, 0.717) is 23.2 Å². The third-order valence-electron chi connectivity index (χ3n) is 5.48. The van der Waals surface area contributed by atoms with Gasteiger partial charge in [-0.15, -0.1) is 0 Å². The topological polar surface area (TPSA) is 68.3 Å². The Balaban J connectivity index is 1.54. The van der Waals surface area contributed by atoms with Crippen molar-refractivity contribution < 1.29 is 14.3 Å². The molecule has 5 nitrogen and oxygen atoms in total. The Morgan fingerprint density at radius 2 is 1.79 bits per heavy atom. The molecule has 0 fully saturated rings. The van der Waals surface area contributed by atoms with Crippen LogP contribution in [0, 0.1) is 6.92 Å². The molecule has 1 heterocycles. The highest BCUT2D eigenvalue weighted by Crippen LogP contribution is 2.26. The molecule has 5 heteroatoms. The van der Waals surface area contributed by atoms with E-state index in [9.17, 15) is 9.59 Å². The van der Waals surface area contributed by atoms with Crippen LogP contribution >= 0.6 is 0 Å². The normalized spacial score (nSPS) is 10.7. The maximum Gasteiger partial charge on any atom is 0.338 e. The number of para-hydroxylation sites is 1. The largest absolute Gasteiger partial charge is 0.457 e. The van der Waals surface area contributed by atoms with E-state index in [1.54, 1.807) is 24.4 Å². The zero-order valence-corrected chi connectivity index (χ0v) is 18.8. The van der Waals surface area contributed by atoms with Crippen molar-refractivity contribution in [1.82, 2.24) is 4.98 Å². The van der Waals surface area contributed by atoms with Gasteiger partial charge in [-0.3, -0.25) is 9.78 Å². The summed E-state index contributed by atoms with van der Waals surface area (Å²) in [6, 6.07) is 22.6. The first-order valence-electron chi connectivity index (χ1n) is 11.1. The number of esters is 1. The van der Waals surface area contributed by atoms with Crippen molar-refractivity contribution in [3.05, 3.63) is 101 Å². The van der Waals surface area contributed by atoms with E-state index >= 15 is 0 Å². The summed E-state index contributed by atoms with van der Waals surface area (Å²) in [5.41, 5.74) is 5.29. The second-order valence-electron chi connectivity index (χ2n) is 7.98. The molecule has 4 aromatic rings. The molecule has 0 radical (unpaired) electrons. The van der Waals surface area contributed by atoms with Gasteiger partial charge in [0.05, 0.1) is 11.1 Å². The molecule has 0 atom stereocenters. The molecule has 0 unspecified atom stereocenters. The lowest BCUT2D eigenvalue weighted by atomic mass is 10.0. The number of fused-ring (bicyclic) bond motifs is 1. The van der Waals surface area contributed by atoms with Crippen molar-refractivity contribution in [1.29, 1.82) is 0 Å². The zero-order chi connectivity index (χ0) is 23.2. The van der Waals surface area contributed by atoms with Crippen LogP contribution in [0.4, 0.5) is 11.4 Å². The summed E-state index contributed by atoms with van der Waals surface area (Å²) in [7, 11) is 0. The van der Waals surface area contributed by atoms with E-state index < -0.39 is 5.97 Å². The molecule has 0 saturated carbocycles. The molecule has 0 aliphatic heterocycles. The molecule has 3 aromatic carbocycles. The third-order valence-corrected chi connectivity index (χ3v) is 5.48. The Hall–Kier alpha value is -3.99. The summed E-state index contributed by atoms with van der Waals surface area (Å²) in [5, 5.41) is 4.33. The van der Waals surface area contributed by atoms with Crippen LogP contribution in [0.5, 0.6) is 0 Å². The van der Waals surface area contributed by atoms with Crippen LogP contribution in [0.25, 0.3) is 10.9 Å². The molecule has 0 amide bonds. The smallest absolute Gasteiger partial charge is 0.338 e.